The Morgan fingerprint density at radius 1 is 0.373 bits per heavy atom. The molecule has 0 aliphatic rings. The molecule has 0 spiro atoms. The van der Waals surface area contributed by atoms with Gasteiger partial charge in [0.1, 0.15) is 5.65 Å². The molecule has 9 aromatic carbocycles. The third-order valence-corrected chi connectivity index (χ3v) is 15.3. The van der Waals surface area contributed by atoms with Gasteiger partial charge in [0.2, 0.25) is 0 Å². The van der Waals surface area contributed by atoms with Gasteiger partial charge in [0.05, 0.1) is 44.8 Å². The van der Waals surface area contributed by atoms with Crippen molar-refractivity contribution in [3.63, 3.8) is 0 Å². The van der Waals surface area contributed by atoms with E-state index in [9.17, 15) is 0 Å². The first-order valence-electron chi connectivity index (χ1n) is 23.7. The van der Waals surface area contributed by atoms with Gasteiger partial charge in [-0.3, -0.25) is 4.40 Å². The maximum atomic E-state index is 5.60. The summed E-state index contributed by atoms with van der Waals surface area (Å²) in [4.78, 5) is 5.60. The lowest BCUT2D eigenvalue weighted by Gasteiger charge is -2.20. The molecule has 0 bridgehead atoms. The van der Waals surface area contributed by atoms with Crippen molar-refractivity contribution in [2.75, 3.05) is 0 Å². The van der Waals surface area contributed by atoms with E-state index in [0.717, 1.165) is 16.9 Å². The number of pyridine rings is 1. The Balaban J connectivity index is 1.14. The van der Waals surface area contributed by atoms with Gasteiger partial charge in [-0.05, 0) is 122 Å². The average Bonchev–Trinajstić information content (AvgIpc) is 4.12. The van der Waals surface area contributed by atoms with Crippen molar-refractivity contribution in [1.29, 1.82) is 0 Å². The van der Waals surface area contributed by atoms with Crippen molar-refractivity contribution >= 4 is 120 Å². The lowest BCUT2D eigenvalue weighted by atomic mass is 9.84. The molecule has 318 valence electrons. The number of rotatable bonds is 2. The Kier molecular flexibility index (Phi) is 6.94. The van der Waals surface area contributed by atoms with E-state index in [4.69, 9.17) is 4.98 Å². The van der Waals surface area contributed by atoms with Crippen molar-refractivity contribution in [3.8, 4) is 16.8 Å². The van der Waals surface area contributed by atoms with Gasteiger partial charge in [-0.1, -0.05) is 133 Å². The molecule has 6 aromatic heterocycles. The predicted octanol–water partition coefficient (Wildman–Crippen LogP) is 17.0. The van der Waals surface area contributed by atoms with Crippen LogP contribution in [-0.4, -0.2) is 18.4 Å². The zero-order valence-electron chi connectivity index (χ0n) is 38.5. The first kappa shape index (κ1) is 37.3. The van der Waals surface area contributed by atoms with Gasteiger partial charge >= 0.3 is 0 Å². The number of hydrogen-bond donors (Lipinski definition) is 0. The third-order valence-electron chi connectivity index (χ3n) is 15.3. The summed E-state index contributed by atoms with van der Waals surface area (Å²) >= 11 is 0. The minimum atomic E-state index is -0.0918. The summed E-state index contributed by atoms with van der Waals surface area (Å²) in [6.45, 7) is 14.1. The van der Waals surface area contributed by atoms with Gasteiger partial charge in [-0.25, -0.2) is 4.98 Å². The maximum absolute atomic E-state index is 5.60. The van der Waals surface area contributed by atoms with Crippen LogP contribution in [0.3, 0.4) is 0 Å². The Hall–Kier alpha value is -7.95. The average molecular weight is 859 g/mol. The highest BCUT2D eigenvalue weighted by molar-refractivity contribution is 6.37. The maximum Gasteiger partial charge on any atom is 0.146 e. The van der Waals surface area contributed by atoms with Crippen LogP contribution in [0.2, 0.25) is 0 Å². The molecule has 0 atom stereocenters. The van der Waals surface area contributed by atoms with Gasteiger partial charge < -0.3 is 8.97 Å². The number of hydrogen-bond acceptors (Lipinski definition) is 1. The Labute approximate surface area is 386 Å². The molecule has 4 nitrogen and oxygen atoms in total. The monoisotopic (exact) mass is 858 g/mol. The van der Waals surface area contributed by atoms with Crippen LogP contribution in [0.1, 0.15) is 52.7 Å². The first-order chi connectivity index (χ1) is 32.5. The first-order valence-corrected chi connectivity index (χ1v) is 23.7. The van der Waals surface area contributed by atoms with Crippen molar-refractivity contribution < 1.29 is 0 Å². The summed E-state index contributed by atoms with van der Waals surface area (Å²) in [5, 5.41) is 17.8. The van der Waals surface area contributed by atoms with Crippen LogP contribution in [0.25, 0.3) is 136 Å². The van der Waals surface area contributed by atoms with Crippen molar-refractivity contribution in [1.82, 2.24) is 18.4 Å². The molecule has 0 amide bonds. The van der Waals surface area contributed by atoms with E-state index in [1.54, 1.807) is 0 Å². The molecule has 15 rings (SSSR count). The number of aromatic nitrogens is 4. The molecule has 4 heteroatoms. The van der Waals surface area contributed by atoms with Gasteiger partial charge in [0.15, 0.2) is 0 Å². The van der Waals surface area contributed by atoms with Gasteiger partial charge in [-0.2, -0.15) is 0 Å². The second-order valence-electron chi connectivity index (χ2n) is 21.2. The molecule has 15 aromatic rings. The van der Waals surface area contributed by atoms with E-state index >= 15 is 0 Å². The second kappa shape index (κ2) is 12.5. The van der Waals surface area contributed by atoms with Crippen LogP contribution in [-0.2, 0) is 10.8 Å². The summed E-state index contributed by atoms with van der Waals surface area (Å²) in [7, 11) is 0. The molecular formula is C63H46N4. The van der Waals surface area contributed by atoms with Crippen LogP contribution < -0.4 is 0 Å². The van der Waals surface area contributed by atoms with E-state index in [-0.39, 0.29) is 10.8 Å². The van der Waals surface area contributed by atoms with Crippen molar-refractivity contribution in [3.05, 3.63) is 181 Å². The molecule has 6 heterocycles. The summed E-state index contributed by atoms with van der Waals surface area (Å²) < 4.78 is 7.48. The molecule has 0 aliphatic heterocycles. The summed E-state index contributed by atoms with van der Waals surface area (Å²) in [5.41, 5.74) is 15.6. The van der Waals surface area contributed by atoms with E-state index in [1.165, 1.54) is 131 Å². The molecule has 0 saturated carbocycles. The fourth-order valence-corrected chi connectivity index (χ4v) is 12.1. The van der Waals surface area contributed by atoms with E-state index in [0.29, 0.717) is 0 Å². The fourth-order valence-electron chi connectivity index (χ4n) is 12.1. The predicted molar refractivity (Wildman–Crippen MR) is 286 cm³/mol. The minimum Gasteiger partial charge on any atom is -0.309 e. The lowest BCUT2D eigenvalue weighted by Crippen LogP contribution is -2.10. The molecule has 67 heavy (non-hydrogen) atoms. The molecule has 0 radical (unpaired) electrons. The highest BCUT2D eigenvalue weighted by Crippen LogP contribution is 2.51. The number of benzene rings is 9. The Bertz CT molecular complexity index is 4620. The minimum absolute atomic E-state index is 0.0601. The molecule has 0 aliphatic carbocycles. The van der Waals surface area contributed by atoms with Crippen LogP contribution in [0, 0.1) is 0 Å². The molecular weight excluding hydrogens is 813 g/mol. The lowest BCUT2D eigenvalue weighted by molar-refractivity contribution is 0.591. The second-order valence-corrected chi connectivity index (χ2v) is 21.2. The largest absolute Gasteiger partial charge is 0.309 e. The summed E-state index contributed by atoms with van der Waals surface area (Å²) in [6.07, 6.45) is 2.19. The Morgan fingerprint density at radius 3 is 1.70 bits per heavy atom. The van der Waals surface area contributed by atoms with E-state index in [1.807, 2.05) is 0 Å². The molecule has 0 unspecified atom stereocenters. The smallest absolute Gasteiger partial charge is 0.146 e. The van der Waals surface area contributed by atoms with Crippen molar-refractivity contribution in [2.45, 2.75) is 52.4 Å². The van der Waals surface area contributed by atoms with Gasteiger partial charge in [-0.15, -0.1) is 0 Å². The number of fused-ring (bicyclic) bond motifs is 19. The van der Waals surface area contributed by atoms with E-state index < -0.39 is 0 Å². The molecule has 0 N–H and O–H groups in total. The van der Waals surface area contributed by atoms with Crippen LogP contribution in [0.4, 0.5) is 0 Å². The fraction of sp³-hybridized carbons (Fsp3) is 0.127. The van der Waals surface area contributed by atoms with Crippen LogP contribution in [0.5, 0.6) is 0 Å². The molecule has 0 saturated heterocycles. The topological polar surface area (TPSA) is 26.6 Å². The van der Waals surface area contributed by atoms with Gasteiger partial charge in [0, 0.05) is 65.1 Å². The number of para-hydroxylation sites is 2. The quantitative estimate of drug-likeness (QED) is 0.170. The summed E-state index contributed by atoms with van der Waals surface area (Å²) in [5.74, 6) is 0. The summed E-state index contributed by atoms with van der Waals surface area (Å²) in [6, 6.07) is 61.7. The third kappa shape index (κ3) is 4.79. The highest BCUT2D eigenvalue weighted by Gasteiger charge is 2.30. The van der Waals surface area contributed by atoms with Crippen molar-refractivity contribution in [2.24, 2.45) is 0 Å². The molecule has 0 fully saturated rings. The zero-order chi connectivity index (χ0) is 44.8. The number of nitrogens with zero attached hydrogens (tertiary/aromatic N) is 4. The van der Waals surface area contributed by atoms with Gasteiger partial charge in [0.25, 0.3) is 0 Å². The standard InChI is InChI=1S/C63H46N4/c1-62(2,3)39-30-47-46-26-35-16-10-11-17-36(35)29-53(46)67-58(47)50(33-39)57-56-49-32-40(63(4,5)6)31-48-55-42-21-13-12-18-37(42)27-44(60(55)66(59(48)49)54(56)34-64-61(57)67)38-24-25-52-45(28-38)43-22-14-15-23-51(43)65(52)41-19-8-7-9-20-41/h7-34H,1-6H3. The zero-order valence-corrected chi connectivity index (χ0v) is 38.5. The normalized spacial score (nSPS) is 13.2. The Morgan fingerprint density at radius 2 is 0.955 bits per heavy atom. The van der Waals surface area contributed by atoms with Crippen LogP contribution >= 0.6 is 0 Å². The van der Waals surface area contributed by atoms with Crippen LogP contribution in [0.15, 0.2) is 170 Å². The van der Waals surface area contributed by atoms with E-state index in [2.05, 4.69) is 225 Å². The highest BCUT2D eigenvalue weighted by atomic mass is 15.0. The SMILES string of the molecule is CC(C)(C)c1cc2c3cc4ccccc4cc3n3c4ncc5c(c6cc(C(C)(C)C)cc7c8c9ccccc9cc(-c9ccc%10c(c9)c9ccccc9n%10-c9ccccc9)c8n5c67)c4c(c1)c23.